The van der Waals surface area contributed by atoms with Gasteiger partial charge in [0.1, 0.15) is 5.52 Å². The number of hydrogen-bond donors (Lipinski definition) is 0. The van der Waals surface area contributed by atoms with Gasteiger partial charge in [-0.15, -0.1) is 11.3 Å². The van der Waals surface area contributed by atoms with E-state index in [1.165, 1.54) is 36.5 Å². The van der Waals surface area contributed by atoms with Crippen molar-refractivity contribution in [3.63, 3.8) is 0 Å². The third-order valence-electron chi connectivity index (χ3n) is 11.6. The van der Waals surface area contributed by atoms with E-state index in [0.717, 1.165) is 56.4 Å². The van der Waals surface area contributed by atoms with Crippen LogP contribution in [-0.2, 0) is 0 Å². The molecule has 3 aromatic heterocycles. The van der Waals surface area contributed by atoms with Crippen LogP contribution in [0.5, 0.6) is 0 Å². The van der Waals surface area contributed by atoms with Crippen molar-refractivity contribution in [1.82, 2.24) is 9.55 Å². The molecule has 0 unspecified atom stereocenters. The number of oxazole rings is 1. The number of anilines is 6. The molecule has 12 rings (SSSR count). The third kappa shape index (κ3) is 5.87. The zero-order chi connectivity index (χ0) is 40.3. The fourth-order valence-electron chi connectivity index (χ4n) is 8.87. The summed E-state index contributed by atoms with van der Waals surface area (Å²) in [4.78, 5) is 10.0. The first-order valence-electron chi connectivity index (χ1n) is 20.5. The number of nitrogens with zero attached hydrogens (tertiary/aromatic N) is 4. The second-order valence-electron chi connectivity index (χ2n) is 15.2. The van der Waals surface area contributed by atoms with E-state index in [4.69, 9.17) is 9.40 Å². The Labute approximate surface area is 356 Å². The Morgan fingerprint density at radius 1 is 0.426 bits per heavy atom. The first kappa shape index (κ1) is 35.1. The summed E-state index contributed by atoms with van der Waals surface area (Å²) in [5.41, 5.74) is 11.9. The molecule has 0 aliphatic rings. The molecule has 0 amide bonds. The molecule has 3 heterocycles. The molecule has 0 N–H and O–H groups in total. The van der Waals surface area contributed by atoms with Crippen LogP contribution < -0.4 is 9.80 Å². The molecular formula is C55H36N4OS. The molecule has 0 atom stereocenters. The molecule has 6 heteroatoms. The summed E-state index contributed by atoms with van der Waals surface area (Å²) in [6.45, 7) is 0. The summed E-state index contributed by atoms with van der Waals surface area (Å²) in [6, 6.07) is 77.3. The first-order valence-corrected chi connectivity index (χ1v) is 21.3. The molecular weight excluding hydrogens is 765 g/mol. The van der Waals surface area contributed by atoms with Gasteiger partial charge in [-0.3, -0.25) is 0 Å². The van der Waals surface area contributed by atoms with Gasteiger partial charge in [-0.1, -0.05) is 121 Å². The normalized spacial score (nSPS) is 11.6. The summed E-state index contributed by atoms with van der Waals surface area (Å²) >= 11 is 1.82. The van der Waals surface area contributed by atoms with Crippen LogP contribution in [0.3, 0.4) is 0 Å². The van der Waals surface area contributed by atoms with Gasteiger partial charge in [0.2, 0.25) is 5.89 Å². The molecule has 61 heavy (non-hydrogen) atoms. The molecule has 0 bridgehead atoms. The second-order valence-corrected chi connectivity index (χ2v) is 16.2. The quantitative estimate of drug-likeness (QED) is 0.153. The van der Waals surface area contributed by atoms with E-state index in [9.17, 15) is 0 Å². The zero-order valence-electron chi connectivity index (χ0n) is 32.9. The Morgan fingerprint density at radius 3 is 1.82 bits per heavy atom. The number of para-hydroxylation sites is 4. The Hall–Kier alpha value is -7.93. The fraction of sp³-hybridized carbons (Fsp3) is 0. The van der Waals surface area contributed by atoms with Crippen molar-refractivity contribution in [1.29, 1.82) is 0 Å². The minimum absolute atomic E-state index is 0.573. The number of hydrogen-bond acceptors (Lipinski definition) is 5. The Kier molecular flexibility index (Phi) is 8.28. The molecule has 0 radical (unpaired) electrons. The highest BCUT2D eigenvalue weighted by Crippen LogP contribution is 2.49. The summed E-state index contributed by atoms with van der Waals surface area (Å²) in [5, 5.41) is 4.85. The molecule has 12 aromatic rings. The number of benzene rings is 9. The number of aromatic nitrogens is 2. The largest absolute Gasteiger partial charge is 0.436 e. The first-order chi connectivity index (χ1) is 30.3. The molecule has 0 spiro atoms. The highest BCUT2D eigenvalue weighted by atomic mass is 32.1. The molecule has 0 fully saturated rings. The Morgan fingerprint density at radius 2 is 1.05 bits per heavy atom. The maximum Gasteiger partial charge on any atom is 0.227 e. The monoisotopic (exact) mass is 800 g/mol. The zero-order valence-corrected chi connectivity index (χ0v) is 33.7. The minimum atomic E-state index is 0.573. The number of thiophene rings is 1. The van der Waals surface area contributed by atoms with Crippen molar-refractivity contribution < 1.29 is 4.42 Å². The second kappa shape index (κ2) is 14.4. The van der Waals surface area contributed by atoms with Gasteiger partial charge in [-0.25, -0.2) is 4.98 Å². The molecule has 0 aliphatic carbocycles. The third-order valence-corrected chi connectivity index (χ3v) is 12.8. The number of fused-ring (bicyclic) bond motifs is 7. The standard InChI is InChI=1S/C55H36N4OS/c1-5-18-37(19-6-1)55-56-53-50(59(40-24-11-4-12-25-40)49-30-17-28-45-44-27-14-16-31-52(44)61-54(45)49)35-42(36-51(53)60-55)57(38-20-7-2-8-21-38)41-32-33-48-46(34-41)43-26-13-15-29-47(43)58(48)39-22-9-3-10-23-39/h1-36H. The highest BCUT2D eigenvalue weighted by Gasteiger charge is 2.26. The lowest BCUT2D eigenvalue weighted by Crippen LogP contribution is -2.14. The van der Waals surface area contributed by atoms with Gasteiger partial charge < -0.3 is 18.8 Å². The molecule has 9 aromatic carbocycles. The summed E-state index contributed by atoms with van der Waals surface area (Å²) < 4.78 is 11.6. The summed E-state index contributed by atoms with van der Waals surface area (Å²) in [5.74, 6) is 0.573. The van der Waals surface area contributed by atoms with Gasteiger partial charge in [0.05, 0.1) is 32.8 Å². The lowest BCUT2D eigenvalue weighted by atomic mass is 10.1. The predicted octanol–water partition coefficient (Wildman–Crippen LogP) is 15.9. The molecule has 0 saturated heterocycles. The van der Waals surface area contributed by atoms with Crippen LogP contribution in [0.2, 0.25) is 0 Å². The van der Waals surface area contributed by atoms with Gasteiger partial charge in [0.25, 0.3) is 0 Å². The van der Waals surface area contributed by atoms with Crippen molar-refractivity contribution in [2.24, 2.45) is 0 Å². The van der Waals surface area contributed by atoms with E-state index >= 15 is 0 Å². The van der Waals surface area contributed by atoms with E-state index < -0.39 is 0 Å². The van der Waals surface area contributed by atoms with Crippen molar-refractivity contribution >= 4 is 98.5 Å². The van der Waals surface area contributed by atoms with E-state index in [1.54, 1.807) is 0 Å². The fourth-order valence-corrected chi connectivity index (χ4v) is 10.1. The average molecular weight is 801 g/mol. The van der Waals surface area contributed by atoms with Gasteiger partial charge >= 0.3 is 0 Å². The van der Waals surface area contributed by atoms with Gasteiger partial charge in [-0.2, -0.15) is 0 Å². The van der Waals surface area contributed by atoms with Crippen LogP contribution >= 0.6 is 11.3 Å². The van der Waals surface area contributed by atoms with Crippen LogP contribution in [0, 0.1) is 0 Å². The van der Waals surface area contributed by atoms with E-state index in [0.29, 0.717) is 11.5 Å². The van der Waals surface area contributed by atoms with Crippen molar-refractivity contribution in [3.05, 3.63) is 218 Å². The Bertz CT molecular complexity index is 3540. The predicted molar refractivity (Wildman–Crippen MR) is 256 cm³/mol. The van der Waals surface area contributed by atoms with Crippen LogP contribution in [0.25, 0.3) is 70.2 Å². The van der Waals surface area contributed by atoms with Crippen LogP contribution in [0.15, 0.2) is 223 Å². The van der Waals surface area contributed by atoms with E-state index in [-0.39, 0.29) is 0 Å². The maximum atomic E-state index is 6.83. The lowest BCUT2D eigenvalue weighted by molar-refractivity contribution is 0.620. The van der Waals surface area contributed by atoms with Crippen molar-refractivity contribution in [3.8, 4) is 17.1 Å². The molecule has 0 saturated carbocycles. The lowest BCUT2D eigenvalue weighted by Gasteiger charge is -2.29. The summed E-state index contributed by atoms with van der Waals surface area (Å²) in [6.07, 6.45) is 0. The Balaban J connectivity index is 1.14. The van der Waals surface area contributed by atoms with Gasteiger partial charge in [0, 0.05) is 60.6 Å². The molecule has 288 valence electrons. The van der Waals surface area contributed by atoms with Crippen LogP contribution in [0.1, 0.15) is 0 Å². The van der Waals surface area contributed by atoms with Crippen LogP contribution in [0.4, 0.5) is 34.1 Å². The van der Waals surface area contributed by atoms with Gasteiger partial charge in [0.15, 0.2) is 5.58 Å². The number of rotatable bonds is 8. The van der Waals surface area contributed by atoms with Crippen molar-refractivity contribution in [2.75, 3.05) is 9.80 Å². The van der Waals surface area contributed by atoms with Crippen molar-refractivity contribution in [2.45, 2.75) is 0 Å². The van der Waals surface area contributed by atoms with Crippen LogP contribution in [-0.4, -0.2) is 9.55 Å². The average Bonchev–Trinajstić information content (AvgIpc) is 4.03. The smallest absolute Gasteiger partial charge is 0.227 e. The van der Waals surface area contributed by atoms with Gasteiger partial charge in [-0.05, 0) is 91.0 Å². The topological polar surface area (TPSA) is 37.4 Å². The molecule has 5 nitrogen and oxygen atoms in total. The van der Waals surface area contributed by atoms with E-state index in [2.05, 4.69) is 215 Å². The minimum Gasteiger partial charge on any atom is -0.436 e. The van der Waals surface area contributed by atoms with E-state index in [1.807, 2.05) is 29.5 Å². The maximum absolute atomic E-state index is 6.83. The highest BCUT2D eigenvalue weighted by molar-refractivity contribution is 7.26. The SMILES string of the molecule is c1ccc(-c2nc3c(N(c4ccccc4)c4cccc5c4sc4ccccc45)cc(N(c4ccccc4)c4ccc5c(c4)c4ccccc4n5-c4ccccc4)cc3o2)cc1. The molecule has 0 aliphatic heterocycles. The summed E-state index contributed by atoms with van der Waals surface area (Å²) in [7, 11) is 0.